The second-order valence-electron chi connectivity index (χ2n) is 2.75. The van der Waals surface area contributed by atoms with Crippen molar-refractivity contribution in [1.29, 1.82) is 0 Å². The molecule has 3 N–H and O–H groups in total. The summed E-state index contributed by atoms with van der Waals surface area (Å²) in [5.41, 5.74) is 5.60. The van der Waals surface area contributed by atoms with E-state index in [9.17, 15) is 10.1 Å². The van der Waals surface area contributed by atoms with E-state index in [-0.39, 0.29) is 17.9 Å². The predicted molar refractivity (Wildman–Crippen MR) is 52.1 cm³/mol. The van der Waals surface area contributed by atoms with Gasteiger partial charge in [-0.3, -0.25) is 10.1 Å². The van der Waals surface area contributed by atoms with Gasteiger partial charge in [0.25, 0.3) is 5.69 Å². The smallest absolute Gasteiger partial charge is 0.274 e. The van der Waals surface area contributed by atoms with Gasteiger partial charge in [-0.15, -0.1) is 0 Å². The van der Waals surface area contributed by atoms with Crippen LogP contribution in [0.3, 0.4) is 0 Å². The zero-order chi connectivity index (χ0) is 10.7. The van der Waals surface area contributed by atoms with Gasteiger partial charge in [0.2, 0.25) is 0 Å². The number of nitrogens with two attached hydrogens (primary N) is 1. The molecule has 0 radical (unpaired) electrons. The van der Waals surface area contributed by atoms with Gasteiger partial charge in [-0.2, -0.15) is 0 Å². The molecular formula is C8H9ClN2O3. The minimum atomic E-state index is -0.783. The topological polar surface area (TPSA) is 89.4 Å². The fraction of sp³-hybridized carbons (Fsp3) is 0.250. The van der Waals surface area contributed by atoms with E-state index >= 15 is 0 Å². The van der Waals surface area contributed by atoms with Crippen LogP contribution in [0.1, 0.15) is 11.6 Å². The lowest BCUT2D eigenvalue weighted by molar-refractivity contribution is -0.385. The predicted octanol–water partition coefficient (Wildman–Crippen LogP) is 1.24. The lowest BCUT2D eigenvalue weighted by Gasteiger charge is -2.08. The van der Waals surface area contributed by atoms with E-state index in [1.165, 1.54) is 18.2 Å². The summed E-state index contributed by atoms with van der Waals surface area (Å²) in [4.78, 5) is 10.0. The summed E-state index contributed by atoms with van der Waals surface area (Å²) in [6, 6.07) is 3.29. The van der Waals surface area contributed by atoms with Crippen molar-refractivity contribution in [1.82, 2.24) is 0 Å². The van der Waals surface area contributed by atoms with Gasteiger partial charge >= 0.3 is 0 Å². The summed E-state index contributed by atoms with van der Waals surface area (Å²) in [5, 5.41) is 19.7. The zero-order valence-electron chi connectivity index (χ0n) is 7.18. The molecule has 0 aliphatic heterocycles. The van der Waals surface area contributed by atoms with Crippen LogP contribution in [0.25, 0.3) is 0 Å². The van der Waals surface area contributed by atoms with Gasteiger partial charge < -0.3 is 10.8 Å². The highest BCUT2D eigenvalue weighted by molar-refractivity contribution is 6.30. The van der Waals surface area contributed by atoms with Crippen molar-refractivity contribution in [2.75, 3.05) is 6.61 Å². The Kier molecular flexibility index (Phi) is 3.40. The lowest BCUT2D eigenvalue weighted by atomic mass is 10.1. The van der Waals surface area contributed by atoms with Crippen LogP contribution in [-0.4, -0.2) is 16.6 Å². The summed E-state index contributed by atoms with van der Waals surface area (Å²) in [5.74, 6) is 0. The first-order valence-corrected chi connectivity index (χ1v) is 4.24. The standard InChI is InChI=1S/C8H9ClN2O3/c9-5-1-2-8(11(13)14)6(3-5)7(10)4-12/h1-3,7,12H,4,10H2/t7-/m1/s1. The number of rotatable bonds is 3. The number of aliphatic hydroxyl groups is 1. The number of nitro benzene ring substituents is 1. The van der Waals surface area contributed by atoms with Crippen LogP contribution in [0.4, 0.5) is 5.69 Å². The molecule has 76 valence electrons. The maximum Gasteiger partial charge on any atom is 0.274 e. The minimum absolute atomic E-state index is 0.129. The molecule has 1 rings (SSSR count). The molecule has 0 bridgehead atoms. The molecule has 1 aromatic rings. The first-order chi connectivity index (χ1) is 6.56. The molecule has 0 aromatic heterocycles. The highest BCUT2D eigenvalue weighted by Gasteiger charge is 2.18. The average molecular weight is 217 g/mol. The van der Waals surface area contributed by atoms with E-state index in [0.717, 1.165) is 0 Å². The van der Waals surface area contributed by atoms with Gasteiger partial charge in [0, 0.05) is 11.1 Å². The number of halogens is 1. The molecule has 0 aliphatic carbocycles. The van der Waals surface area contributed by atoms with E-state index < -0.39 is 11.0 Å². The number of hydrogen-bond acceptors (Lipinski definition) is 4. The SMILES string of the molecule is N[C@H](CO)c1cc(Cl)ccc1[N+](=O)[O-]. The van der Waals surface area contributed by atoms with Crippen molar-refractivity contribution in [2.24, 2.45) is 5.73 Å². The van der Waals surface area contributed by atoms with Crippen molar-refractivity contribution in [3.8, 4) is 0 Å². The van der Waals surface area contributed by atoms with Crippen molar-refractivity contribution in [3.63, 3.8) is 0 Å². The molecule has 0 saturated heterocycles. The largest absolute Gasteiger partial charge is 0.394 e. The zero-order valence-corrected chi connectivity index (χ0v) is 7.94. The molecule has 1 atom stereocenters. The average Bonchev–Trinajstić information content (AvgIpc) is 2.16. The van der Waals surface area contributed by atoms with E-state index in [1.807, 2.05) is 0 Å². The maximum absolute atomic E-state index is 10.6. The minimum Gasteiger partial charge on any atom is -0.394 e. The molecule has 1 aromatic carbocycles. The fourth-order valence-corrected chi connectivity index (χ4v) is 1.27. The Labute approximate surface area is 85.3 Å². The molecule has 0 spiro atoms. The van der Waals surface area contributed by atoms with Crippen LogP contribution < -0.4 is 5.73 Å². The van der Waals surface area contributed by atoms with Gasteiger partial charge in [0.05, 0.1) is 23.1 Å². The van der Waals surface area contributed by atoms with Gasteiger partial charge in [0.1, 0.15) is 0 Å². The molecule has 0 fully saturated rings. The Bertz CT molecular complexity index is 356. The summed E-state index contributed by atoms with van der Waals surface area (Å²) in [6.07, 6.45) is 0. The van der Waals surface area contributed by atoms with Crippen LogP contribution in [0.5, 0.6) is 0 Å². The van der Waals surface area contributed by atoms with Crippen LogP contribution in [0.2, 0.25) is 5.02 Å². The summed E-state index contributed by atoms with van der Waals surface area (Å²) < 4.78 is 0. The van der Waals surface area contributed by atoms with Crippen molar-refractivity contribution < 1.29 is 10.0 Å². The highest BCUT2D eigenvalue weighted by atomic mass is 35.5. The Hall–Kier alpha value is -1.17. The molecule has 0 aliphatic rings. The quantitative estimate of drug-likeness (QED) is 0.588. The van der Waals surface area contributed by atoms with Crippen LogP contribution in [0, 0.1) is 10.1 Å². The first-order valence-electron chi connectivity index (χ1n) is 3.86. The fourth-order valence-electron chi connectivity index (χ4n) is 1.09. The normalized spacial score (nSPS) is 12.5. The van der Waals surface area contributed by atoms with E-state index in [4.69, 9.17) is 22.4 Å². The Balaban J connectivity index is 3.22. The monoisotopic (exact) mass is 216 g/mol. The number of hydrogen-bond donors (Lipinski definition) is 2. The molecule has 5 nitrogen and oxygen atoms in total. The second kappa shape index (κ2) is 4.36. The lowest BCUT2D eigenvalue weighted by Crippen LogP contribution is -2.16. The number of nitro groups is 1. The maximum atomic E-state index is 10.6. The molecule has 0 amide bonds. The second-order valence-corrected chi connectivity index (χ2v) is 3.19. The van der Waals surface area contributed by atoms with Gasteiger partial charge in [-0.1, -0.05) is 11.6 Å². The van der Waals surface area contributed by atoms with E-state index in [0.29, 0.717) is 5.02 Å². The summed E-state index contributed by atoms with van der Waals surface area (Å²) in [7, 11) is 0. The molecular weight excluding hydrogens is 208 g/mol. The van der Waals surface area contributed by atoms with Crippen molar-refractivity contribution >= 4 is 17.3 Å². The summed E-state index contributed by atoms with van der Waals surface area (Å²) >= 11 is 5.66. The van der Waals surface area contributed by atoms with Crippen molar-refractivity contribution in [3.05, 3.63) is 38.9 Å². The van der Waals surface area contributed by atoms with Crippen molar-refractivity contribution in [2.45, 2.75) is 6.04 Å². The first kappa shape index (κ1) is 10.9. The number of benzene rings is 1. The summed E-state index contributed by atoms with van der Waals surface area (Å²) in [6.45, 7) is -0.360. The third kappa shape index (κ3) is 2.20. The van der Waals surface area contributed by atoms with Crippen LogP contribution in [0.15, 0.2) is 18.2 Å². The third-order valence-corrected chi connectivity index (χ3v) is 2.02. The Morgan fingerprint density at radius 1 is 1.64 bits per heavy atom. The van der Waals surface area contributed by atoms with Crippen LogP contribution in [-0.2, 0) is 0 Å². The van der Waals surface area contributed by atoms with Gasteiger partial charge in [-0.25, -0.2) is 0 Å². The number of aliphatic hydroxyl groups excluding tert-OH is 1. The molecule has 0 heterocycles. The van der Waals surface area contributed by atoms with Gasteiger partial charge in [-0.05, 0) is 12.1 Å². The van der Waals surface area contributed by atoms with E-state index in [1.54, 1.807) is 0 Å². The van der Waals surface area contributed by atoms with E-state index in [2.05, 4.69) is 0 Å². The molecule has 14 heavy (non-hydrogen) atoms. The Morgan fingerprint density at radius 3 is 2.79 bits per heavy atom. The molecule has 0 saturated carbocycles. The Morgan fingerprint density at radius 2 is 2.29 bits per heavy atom. The molecule has 6 heteroatoms. The number of nitrogens with zero attached hydrogens (tertiary/aromatic N) is 1. The van der Waals surface area contributed by atoms with Crippen LogP contribution >= 0.6 is 11.6 Å². The van der Waals surface area contributed by atoms with Gasteiger partial charge in [0.15, 0.2) is 0 Å². The highest BCUT2D eigenvalue weighted by Crippen LogP contribution is 2.26. The molecule has 0 unspecified atom stereocenters. The third-order valence-electron chi connectivity index (χ3n) is 1.78.